The van der Waals surface area contributed by atoms with E-state index >= 15 is 0 Å². The Morgan fingerprint density at radius 1 is 1.18 bits per heavy atom. The minimum atomic E-state index is -0.693. The molecule has 0 spiro atoms. The molecule has 10 nitrogen and oxygen atoms in total. The molecule has 0 atom stereocenters. The number of cyclic esters (lactones) is 1. The predicted molar refractivity (Wildman–Crippen MR) is 124 cm³/mol. The first-order chi connectivity index (χ1) is 15.8. The van der Waals surface area contributed by atoms with Crippen LogP contribution in [0.4, 0.5) is 22.1 Å². The van der Waals surface area contributed by atoms with E-state index in [-0.39, 0.29) is 11.8 Å². The van der Waals surface area contributed by atoms with Crippen molar-refractivity contribution in [3.05, 3.63) is 48.5 Å². The molecule has 4 heterocycles. The van der Waals surface area contributed by atoms with Gasteiger partial charge in [-0.15, -0.1) is 5.10 Å². The van der Waals surface area contributed by atoms with Gasteiger partial charge in [-0.05, 0) is 24.0 Å². The molecule has 10 heteroatoms. The van der Waals surface area contributed by atoms with Gasteiger partial charge in [-0.25, -0.2) is 9.31 Å². The smallest absolute Gasteiger partial charge is 0.412 e. The average molecular weight is 447 g/mol. The number of amides is 1. The van der Waals surface area contributed by atoms with Crippen molar-refractivity contribution < 1.29 is 9.53 Å². The molecule has 0 bridgehead atoms. The second kappa shape index (κ2) is 7.58. The van der Waals surface area contributed by atoms with Crippen molar-refractivity contribution in [1.29, 1.82) is 0 Å². The molecule has 4 aromatic rings. The first-order valence-electron chi connectivity index (χ1n) is 10.9. The van der Waals surface area contributed by atoms with E-state index in [0.29, 0.717) is 17.3 Å². The Balaban J connectivity index is 1.51. The third kappa shape index (κ3) is 3.38. The van der Waals surface area contributed by atoms with E-state index < -0.39 is 11.7 Å². The van der Waals surface area contributed by atoms with E-state index in [2.05, 4.69) is 58.5 Å². The Morgan fingerprint density at radius 3 is 2.67 bits per heavy atom. The molecule has 0 saturated heterocycles. The second-order valence-electron chi connectivity index (χ2n) is 8.88. The van der Waals surface area contributed by atoms with E-state index in [1.54, 1.807) is 27.8 Å². The van der Waals surface area contributed by atoms with Gasteiger partial charge in [0.1, 0.15) is 11.3 Å². The Morgan fingerprint density at radius 2 is 1.97 bits per heavy atom. The number of benzene rings is 1. The number of ether oxygens (including phenoxy) is 1. The molecule has 1 aromatic carbocycles. The van der Waals surface area contributed by atoms with Crippen LogP contribution in [-0.2, 0) is 17.4 Å². The maximum Gasteiger partial charge on any atom is 0.412 e. The summed E-state index contributed by atoms with van der Waals surface area (Å²) in [6.45, 7) is 8.29. The first kappa shape index (κ1) is 20.9. The van der Waals surface area contributed by atoms with Gasteiger partial charge in [-0.3, -0.25) is 15.0 Å². The number of aryl methyl sites for hydroxylation is 1. The molecular formula is C23H26N8O2. The summed E-state index contributed by atoms with van der Waals surface area (Å²) in [7, 11) is 1.85. The number of hydrogen-bond acceptors (Lipinski definition) is 7. The van der Waals surface area contributed by atoms with E-state index in [1.165, 1.54) is 0 Å². The quantitative estimate of drug-likeness (QED) is 0.469. The zero-order valence-corrected chi connectivity index (χ0v) is 19.2. The van der Waals surface area contributed by atoms with Crippen LogP contribution >= 0.6 is 0 Å². The fourth-order valence-corrected chi connectivity index (χ4v) is 4.68. The molecule has 3 aromatic heterocycles. The van der Waals surface area contributed by atoms with E-state index in [9.17, 15) is 4.79 Å². The molecule has 0 saturated carbocycles. The van der Waals surface area contributed by atoms with Gasteiger partial charge in [0.15, 0.2) is 5.65 Å². The lowest BCUT2D eigenvalue weighted by Gasteiger charge is -2.44. The number of hydrogen-bond donors (Lipinski definition) is 2. The van der Waals surface area contributed by atoms with Crippen LogP contribution in [0.1, 0.15) is 33.3 Å². The van der Waals surface area contributed by atoms with Crippen molar-refractivity contribution in [2.75, 3.05) is 10.6 Å². The van der Waals surface area contributed by atoms with Crippen LogP contribution < -0.4 is 10.6 Å². The molecule has 0 fully saturated rings. The molecule has 0 aliphatic carbocycles. The first-order valence-corrected chi connectivity index (χ1v) is 10.9. The lowest BCUT2D eigenvalue weighted by atomic mass is 9.73. The summed E-state index contributed by atoms with van der Waals surface area (Å²) in [6, 6.07) is 5.84. The van der Waals surface area contributed by atoms with Crippen molar-refractivity contribution >= 4 is 29.1 Å². The zero-order chi connectivity index (χ0) is 23.3. The Labute approximate surface area is 191 Å². The molecule has 1 aliphatic rings. The summed E-state index contributed by atoms with van der Waals surface area (Å²) >= 11 is 0. The molecular weight excluding hydrogens is 420 g/mol. The van der Waals surface area contributed by atoms with Crippen LogP contribution in [0.15, 0.2) is 43.0 Å². The molecule has 170 valence electrons. The van der Waals surface area contributed by atoms with Crippen molar-refractivity contribution in [2.45, 2.75) is 33.3 Å². The number of carbonyl (C=O) groups is 1. The van der Waals surface area contributed by atoms with Crippen LogP contribution in [0.5, 0.6) is 0 Å². The molecule has 0 radical (unpaired) electrons. The highest BCUT2D eigenvalue weighted by atomic mass is 16.6. The van der Waals surface area contributed by atoms with Crippen molar-refractivity contribution in [3.8, 4) is 11.3 Å². The molecule has 2 N–H and O–H groups in total. The van der Waals surface area contributed by atoms with Gasteiger partial charge < -0.3 is 10.1 Å². The number of aromatic nitrogens is 6. The fourth-order valence-electron chi connectivity index (χ4n) is 4.68. The van der Waals surface area contributed by atoms with Crippen LogP contribution in [-0.4, -0.2) is 35.5 Å². The summed E-state index contributed by atoms with van der Waals surface area (Å²) < 4.78 is 9.26. The third-order valence-corrected chi connectivity index (χ3v) is 6.14. The fraction of sp³-hybridized carbons (Fsp3) is 0.348. The van der Waals surface area contributed by atoms with Crippen molar-refractivity contribution in [2.24, 2.45) is 18.9 Å². The summed E-state index contributed by atoms with van der Waals surface area (Å²) in [5.41, 5.74) is 3.91. The largest absolute Gasteiger partial charge is 0.437 e. The second-order valence-corrected chi connectivity index (χ2v) is 8.88. The van der Waals surface area contributed by atoms with Crippen LogP contribution in [0.25, 0.3) is 16.9 Å². The number of anilines is 3. The van der Waals surface area contributed by atoms with Gasteiger partial charge in [0.25, 0.3) is 0 Å². The van der Waals surface area contributed by atoms with Gasteiger partial charge in [0.05, 0.1) is 11.9 Å². The van der Waals surface area contributed by atoms with Gasteiger partial charge in [0, 0.05) is 42.5 Å². The Bertz CT molecular complexity index is 1350. The molecule has 33 heavy (non-hydrogen) atoms. The summed E-state index contributed by atoms with van der Waals surface area (Å²) in [5, 5.41) is 14.8. The number of carbonyl (C=O) groups excluding carboxylic acids is 1. The topological polar surface area (TPSA) is 111 Å². The van der Waals surface area contributed by atoms with Gasteiger partial charge in [-0.1, -0.05) is 33.8 Å². The SMILES string of the molecule is CC(C)C1(C(C)C)OC(=O)Nc2cc(Nc3nc4c(-c5cnn(C)c5)nccn4n3)ccc21. The lowest BCUT2D eigenvalue weighted by Crippen LogP contribution is -2.47. The van der Waals surface area contributed by atoms with Crippen LogP contribution in [0.3, 0.4) is 0 Å². The van der Waals surface area contributed by atoms with E-state index in [4.69, 9.17) is 4.74 Å². The summed E-state index contributed by atoms with van der Waals surface area (Å²) in [5.74, 6) is 0.643. The van der Waals surface area contributed by atoms with E-state index in [1.807, 2.05) is 31.4 Å². The minimum absolute atomic E-state index is 0.111. The number of rotatable bonds is 5. The summed E-state index contributed by atoms with van der Waals surface area (Å²) in [6.07, 6.45) is 6.61. The highest BCUT2D eigenvalue weighted by molar-refractivity contribution is 5.90. The number of nitrogens with zero attached hydrogens (tertiary/aromatic N) is 6. The Hall–Kier alpha value is -3.95. The molecule has 1 amide bonds. The van der Waals surface area contributed by atoms with Gasteiger partial charge in [0.2, 0.25) is 5.95 Å². The maximum atomic E-state index is 12.4. The minimum Gasteiger partial charge on any atom is -0.437 e. The average Bonchev–Trinajstić information content (AvgIpc) is 3.37. The molecule has 1 aliphatic heterocycles. The van der Waals surface area contributed by atoms with Crippen LogP contribution in [0, 0.1) is 11.8 Å². The number of nitrogens with one attached hydrogen (secondary N) is 2. The highest BCUT2D eigenvalue weighted by Crippen LogP contribution is 2.47. The van der Waals surface area contributed by atoms with Crippen molar-refractivity contribution in [3.63, 3.8) is 0 Å². The molecule has 5 rings (SSSR count). The molecule has 0 unspecified atom stereocenters. The third-order valence-electron chi connectivity index (χ3n) is 6.14. The normalized spacial score (nSPS) is 14.9. The predicted octanol–water partition coefficient (Wildman–Crippen LogP) is 4.34. The van der Waals surface area contributed by atoms with Crippen LogP contribution in [0.2, 0.25) is 0 Å². The van der Waals surface area contributed by atoms with E-state index in [0.717, 1.165) is 22.5 Å². The number of fused-ring (bicyclic) bond motifs is 2. The van der Waals surface area contributed by atoms with Gasteiger partial charge >= 0.3 is 6.09 Å². The standard InChI is InChI=1S/C23H26N8O2/c1-13(2)23(14(3)4)17-7-6-16(10-18(17)27-22(32)33-23)26-21-28-20-19(15-11-25-30(5)12-15)24-8-9-31(20)29-21/h6-14H,1-5H3,(H,26,29)(H,27,32). The Kier molecular flexibility index (Phi) is 4.80. The summed E-state index contributed by atoms with van der Waals surface area (Å²) in [4.78, 5) is 21.5. The zero-order valence-electron chi connectivity index (χ0n) is 19.2. The lowest BCUT2D eigenvalue weighted by molar-refractivity contribution is -0.0629. The highest BCUT2D eigenvalue weighted by Gasteiger charge is 2.47. The van der Waals surface area contributed by atoms with Crippen molar-refractivity contribution in [1.82, 2.24) is 29.4 Å². The maximum absolute atomic E-state index is 12.4. The monoisotopic (exact) mass is 446 g/mol. The van der Waals surface area contributed by atoms with Gasteiger partial charge in [-0.2, -0.15) is 10.1 Å².